The summed E-state index contributed by atoms with van der Waals surface area (Å²) in [7, 11) is -3.58. The topological polar surface area (TPSA) is 86.8 Å². The van der Waals surface area contributed by atoms with Crippen LogP contribution in [0.2, 0.25) is 5.02 Å². The second-order valence-corrected chi connectivity index (χ2v) is 11.0. The summed E-state index contributed by atoms with van der Waals surface area (Å²) in [6.45, 7) is 6.52. The monoisotopic (exact) mass is 521 g/mol. The highest BCUT2D eigenvalue weighted by Gasteiger charge is 2.26. The van der Waals surface area contributed by atoms with Crippen molar-refractivity contribution in [2.24, 2.45) is 0 Å². The summed E-state index contributed by atoms with van der Waals surface area (Å²) in [6.07, 6.45) is 3.37. The van der Waals surface area contributed by atoms with Gasteiger partial charge in [0.1, 0.15) is 6.04 Å². The van der Waals surface area contributed by atoms with E-state index in [1.807, 2.05) is 37.3 Å². The number of amides is 2. The minimum atomic E-state index is -3.58. The zero-order valence-electron chi connectivity index (χ0n) is 21.0. The Kier molecular flexibility index (Phi) is 11.0. The van der Waals surface area contributed by atoms with Crippen LogP contribution in [0.1, 0.15) is 50.7 Å². The van der Waals surface area contributed by atoms with Crippen molar-refractivity contribution in [1.82, 2.24) is 10.2 Å². The van der Waals surface area contributed by atoms with Gasteiger partial charge in [0.05, 0.1) is 11.9 Å². The summed E-state index contributed by atoms with van der Waals surface area (Å²) in [5, 5.41) is 3.37. The summed E-state index contributed by atoms with van der Waals surface area (Å²) in [5.41, 5.74) is 2.08. The Morgan fingerprint density at radius 2 is 1.74 bits per heavy atom. The van der Waals surface area contributed by atoms with E-state index >= 15 is 0 Å². The summed E-state index contributed by atoms with van der Waals surface area (Å²) in [6, 6.07) is 14.0. The van der Waals surface area contributed by atoms with Crippen LogP contribution in [0.3, 0.4) is 0 Å². The van der Waals surface area contributed by atoms with Crippen LogP contribution in [-0.2, 0) is 26.2 Å². The van der Waals surface area contributed by atoms with E-state index < -0.39 is 16.1 Å². The van der Waals surface area contributed by atoms with Gasteiger partial charge in [-0.05, 0) is 49.9 Å². The fraction of sp³-hybridized carbons (Fsp3) is 0.462. The third-order valence-electron chi connectivity index (χ3n) is 5.85. The molecule has 35 heavy (non-hydrogen) atoms. The Bertz CT molecular complexity index is 1090. The largest absolute Gasteiger partial charge is 0.354 e. The molecule has 0 saturated heterocycles. The SMILES string of the molecule is CCCCNC(=O)[C@@H](C)N(Cc1ccccc1)C(=O)CCCN(c1cccc(Cl)c1C)S(C)(=O)=O. The van der Waals surface area contributed by atoms with E-state index in [0.29, 0.717) is 35.8 Å². The quantitative estimate of drug-likeness (QED) is 0.392. The molecular formula is C26H36ClN3O4S. The van der Waals surface area contributed by atoms with E-state index in [0.717, 1.165) is 24.7 Å². The molecule has 0 aromatic heterocycles. The smallest absolute Gasteiger partial charge is 0.242 e. The lowest BCUT2D eigenvalue weighted by molar-refractivity contribution is -0.140. The predicted molar refractivity (Wildman–Crippen MR) is 142 cm³/mol. The van der Waals surface area contributed by atoms with Crippen LogP contribution in [0.15, 0.2) is 48.5 Å². The maximum absolute atomic E-state index is 13.3. The minimum absolute atomic E-state index is 0.102. The molecule has 0 spiro atoms. The number of anilines is 1. The highest BCUT2D eigenvalue weighted by molar-refractivity contribution is 7.92. The molecule has 7 nitrogen and oxygen atoms in total. The number of unbranched alkanes of at least 4 members (excludes halogenated alkanes) is 1. The minimum Gasteiger partial charge on any atom is -0.354 e. The first-order chi connectivity index (χ1) is 16.6. The molecule has 2 amide bonds. The number of hydrogen-bond donors (Lipinski definition) is 1. The number of carbonyl (C=O) groups is 2. The molecule has 192 valence electrons. The van der Waals surface area contributed by atoms with Crippen LogP contribution in [0, 0.1) is 6.92 Å². The highest BCUT2D eigenvalue weighted by Crippen LogP contribution is 2.28. The third kappa shape index (κ3) is 8.54. The second-order valence-electron chi connectivity index (χ2n) is 8.65. The van der Waals surface area contributed by atoms with Crippen molar-refractivity contribution in [1.29, 1.82) is 0 Å². The van der Waals surface area contributed by atoms with E-state index in [9.17, 15) is 18.0 Å². The van der Waals surface area contributed by atoms with E-state index in [4.69, 9.17) is 11.6 Å². The number of nitrogens with zero attached hydrogens (tertiary/aromatic N) is 2. The Morgan fingerprint density at radius 3 is 2.37 bits per heavy atom. The fourth-order valence-electron chi connectivity index (χ4n) is 3.75. The molecule has 9 heteroatoms. The highest BCUT2D eigenvalue weighted by atomic mass is 35.5. The van der Waals surface area contributed by atoms with Gasteiger partial charge in [-0.1, -0.05) is 61.3 Å². The van der Waals surface area contributed by atoms with E-state index in [1.165, 1.54) is 4.31 Å². The van der Waals surface area contributed by atoms with Gasteiger partial charge in [-0.2, -0.15) is 0 Å². The number of halogens is 1. The Balaban J connectivity index is 2.15. The van der Waals surface area contributed by atoms with Crippen molar-refractivity contribution < 1.29 is 18.0 Å². The molecule has 1 N–H and O–H groups in total. The predicted octanol–water partition coefficient (Wildman–Crippen LogP) is 4.53. The zero-order chi connectivity index (χ0) is 26.0. The Hall–Kier alpha value is -2.58. The van der Waals surface area contributed by atoms with Crippen LogP contribution >= 0.6 is 11.6 Å². The molecule has 0 fully saturated rings. The maximum atomic E-state index is 13.3. The first kappa shape index (κ1) is 28.7. The van der Waals surface area contributed by atoms with Gasteiger partial charge in [0.15, 0.2) is 0 Å². The summed E-state index contributed by atoms with van der Waals surface area (Å²) in [4.78, 5) is 27.5. The van der Waals surface area contributed by atoms with Crippen molar-refractivity contribution >= 4 is 39.1 Å². The number of carbonyl (C=O) groups excluding carboxylic acids is 2. The molecule has 0 aliphatic rings. The molecule has 0 bridgehead atoms. The molecule has 0 saturated carbocycles. The molecule has 0 aliphatic carbocycles. The summed E-state index contributed by atoms with van der Waals surface area (Å²) < 4.78 is 26.3. The van der Waals surface area contributed by atoms with Crippen molar-refractivity contribution in [2.75, 3.05) is 23.7 Å². The summed E-state index contributed by atoms with van der Waals surface area (Å²) in [5.74, 6) is -0.404. The first-order valence-electron chi connectivity index (χ1n) is 11.9. The lowest BCUT2D eigenvalue weighted by Crippen LogP contribution is -2.48. The zero-order valence-corrected chi connectivity index (χ0v) is 22.5. The van der Waals surface area contributed by atoms with Crippen LogP contribution in [0.5, 0.6) is 0 Å². The van der Waals surface area contributed by atoms with Crippen LogP contribution < -0.4 is 9.62 Å². The number of benzene rings is 2. The van der Waals surface area contributed by atoms with Crippen LogP contribution in [0.4, 0.5) is 5.69 Å². The molecule has 2 rings (SSSR count). The average Bonchev–Trinajstić information content (AvgIpc) is 2.82. The van der Waals surface area contributed by atoms with Crippen molar-refractivity contribution in [3.63, 3.8) is 0 Å². The van der Waals surface area contributed by atoms with Gasteiger partial charge in [0, 0.05) is 31.1 Å². The molecule has 0 heterocycles. The number of hydrogen-bond acceptors (Lipinski definition) is 4. The number of sulfonamides is 1. The maximum Gasteiger partial charge on any atom is 0.242 e. The van der Waals surface area contributed by atoms with Gasteiger partial charge in [-0.3, -0.25) is 13.9 Å². The van der Waals surface area contributed by atoms with Crippen LogP contribution in [-0.4, -0.2) is 50.5 Å². The van der Waals surface area contributed by atoms with Gasteiger partial charge in [0.25, 0.3) is 0 Å². The molecule has 0 unspecified atom stereocenters. The van der Waals surface area contributed by atoms with Gasteiger partial charge >= 0.3 is 0 Å². The van der Waals surface area contributed by atoms with Gasteiger partial charge < -0.3 is 10.2 Å². The normalized spacial score (nSPS) is 12.1. The van der Waals surface area contributed by atoms with Gasteiger partial charge in [-0.15, -0.1) is 0 Å². The van der Waals surface area contributed by atoms with E-state index in [-0.39, 0.29) is 24.8 Å². The third-order valence-corrected chi connectivity index (χ3v) is 7.44. The van der Waals surface area contributed by atoms with Crippen molar-refractivity contribution in [3.8, 4) is 0 Å². The fourth-order valence-corrected chi connectivity index (χ4v) is 4.93. The number of nitrogens with one attached hydrogen (secondary N) is 1. The second kappa shape index (κ2) is 13.5. The van der Waals surface area contributed by atoms with Gasteiger partial charge in [-0.25, -0.2) is 8.42 Å². The van der Waals surface area contributed by atoms with E-state index in [2.05, 4.69) is 5.32 Å². The molecule has 0 radical (unpaired) electrons. The first-order valence-corrected chi connectivity index (χ1v) is 14.1. The van der Waals surface area contributed by atoms with Gasteiger partial charge in [0.2, 0.25) is 21.8 Å². The summed E-state index contributed by atoms with van der Waals surface area (Å²) >= 11 is 6.20. The standard InChI is InChI=1S/C26H36ClN3O4S/c1-5-6-17-28-26(32)21(3)29(19-22-12-8-7-9-13-22)25(31)16-11-18-30(35(4,33)34)24-15-10-14-23(27)20(24)2/h7-10,12-15,21H,5-6,11,16-19H2,1-4H3,(H,28,32)/t21-/m1/s1. The van der Waals surface area contributed by atoms with E-state index in [1.54, 1.807) is 36.9 Å². The molecule has 2 aromatic carbocycles. The molecule has 0 aliphatic heterocycles. The average molecular weight is 522 g/mol. The molecule has 1 atom stereocenters. The molecular weight excluding hydrogens is 486 g/mol. The van der Waals surface area contributed by atoms with Crippen LogP contribution in [0.25, 0.3) is 0 Å². The van der Waals surface area contributed by atoms with Crippen molar-refractivity contribution in [3.05, 3.63) is 64.7 Å². The lowest BCUT2D eigenvalue weighted by atomic mass is 10.1. The van der Waals surface area contributed by atoms with Crippen molar-refractivity contribution in [2.45, 2.75) is 59.0 Å². The Labute approximate surface area is 214 Å². The lowest BCUT2D eigenvalue weighted by Gasteiger charge is -2.29. The molecule has 2 aromatic rings. The number of rotatable bonds is 13. The Morgan fingerprint density at radius 1 is 1.06 bits per heavy atom.